The van der Waals surface area contributed by atoms with Gasteiger partial charge >= 0.3 is 5.97 Å². The molecule has 5 nitrogen and oxygen atoms in total. The molecule has 0 bridgehead atoms. The molecular weight excluding hydrogens is 378 g/mol. The minimum atomic E-state index is -0.412. The van der Waals surface area contributed by atoms with Crippen LogP contribution in [0.4, 0.5) is 0 Å². The molecule has 1 saturated carbocycles. The lowest BCUT2D eigenvalue weighted by Crippen LogP contribution is -2.39. The Labute approximate surface area is 178 Å². The molecule has 1 N–H and O–H groups in total. The molecule has 1 aromatic carbocycles. The van der Waals surface area contributed by atoms with E-state index in [0.717, 1.165) is 54.8 Å². The first kappa shape index (κ1) is 20.7. The van der Waals surface area contributed by atoms with Gasteiger partial charge in [0.15, 0.2) is 5.78 Å². The van der Waals surface area contributed by atoms with Gasteiger partial charge in [-0.05, 0) is 62.1 Å². The largest absolute Gasteiger partial charge is 0.497 e. The summed E-state index contributed by atoms with van der Waals surface area (Å²) in [5.74, 6) is 0.128. The van der Waals surface area contributed by atoms with Crippen LogP contribution in [0.25, 0.3) is 0 Å². The van der Waals surface area contributed by atoms with Crippen molar-refractivity contribution in [1.82, 2.24) is 5.32 Å². The van der Waals surface area contributed by atoms with Gasteiger partial charge < -0.3 is 14.8 Å². The van der Waals surface area contributed by atoms with Crippen LogP contribution in [0.2, 0.25) is 0 Å². The second kappa shape index (κ2) is 7.93. The lowest BCUT2D eigenvalue weighted by molar-refractivity contribution is -0.144. The van der Waals surface area contributed by atoms with E-state index in [4.69, 9.17) is 9.47 Å². The summed E-state index contributed by atoms with van der Waals surface area (Å²) in [7, 11) is 1.63. The van der Waals surface area contributed by atoms with Gasteiger partial charge in [0.25, 0.3) is 0 Å². The molecule has 1 aliphatic heterocycles. The Kier molecular flexibility index (Phi) is 5.48. The summed E-state index contributed by atoms with van der Waals surface area (Å²) in [6.45, 7) is 6.14. The number of hydrogen-bond acceptors (Lipinski definition) is 5. The van der Waals surface area contributed by atoms with Crippen molar-refractivity contribution in [2.75, 3.05) is 7.11 Å². The molecule has 4 rings (SSSR count). The average Bonchev–Trinajstić information content (AvgIpc) is 3.18. The maximum atomic E-state index is 13.3. The van der Waals surface area contributed by atoms with Crippen molar-refractivity contribution >= 4 is 11.8 Å². The van der Waals surface area contributed by atoms with Crippen LogP contribution in [0.1, 0.15) is 70.8 Å². The second-order valence-corrected chi connectivity index (χ2v) is 9.51. The Balaban J connectivity index is 1.77. The molecule has 1 aromatic rings. The Bertz CT molecular complexity index is 917. The van der Waals surface area contributed by atoms with Crippen molar-refractivity contribution < 1.29 is 19.1 Å². The first-order chi connectivity index (χ1) is 14.3. The lowest BCUT2D eigenvalue weighted by atomic mass is 9.68. The second-order valence-electron chi connectivity index (χ2n) is 9.51. The monoisotopic (exact) mass is 409 g/mol. The summed E-state index contributed by atoms with van der Waals surface area (Å²) in [5, 5.41) is 3.40. The number of Topliss-reactive ketones (excluding diaryl/α,β-unsaturated/α-hetero) is 1. The molecule has 1 unspecified atom stereocenters. The van der Waals surface area contributed by atoms with Crippen molar-refractivity contribution in [3.63, 3.8) is 0 Å². The molecule has 30 heavy (non-hydrogen) atoms. The summed E-state index contributed by atoms with van der Waals surface area (Å²) in [6, 6.07) is 7.65. The number of carbonyl (C=O) groups excluding carboxylic acids is 2. The van der Waals surface area contributed by atoms with Gasteiger partial charge in [-0.1, -0.05) is 26.0 Å². The van der Waals surface area contributed by atoms with E-state index in [1.54, 1.807) is 7.11 Å². The molecule has 1 atom stereocenters. The predicted octanol–water partition coefficient (Wildman–Crippen LogP) is 4.79. The number of benzene rings is 1. The van der Waals surface area contributed by atoms with Crippen LogP contribution in [0.3, 0.4) is 0 Å². The van der Waals surface area contributed by atoms with Crippen molar-refractivity contribution in [3.8, 4) is 5.75 Å². The van der Waals surface area contributed by atoms with Crippen LogP contribution in [0, 0.1) is 5.41 Å². The van der Waals surface area contributed by atoms with Gasteiger partial charge in [-0.3, -0.25) is 4.79 Å². The van der Waals surface area contributed by atoms with E-state index in [1.807, 2.05) is 31.2 Å². The Morgan fingerprint density at radius 3 is 2.40 bits per heavy atom. The third-order valence-corrected chi connectivity index (χ3v) is 6.48. The molecule has 0 saturated heterocycles. The van der Waals surface area contributed by atoms with E-state index < -0.39 is 5.92 Å². The summed E-state index contributed by atoms with van der Waals surface area (Å²) in [6.07, 6.45) is 5.26. The zero-order valence-electron chi connectivity index (χ0n) is 18.3. The number of nitrogens with one attached hydrogen (secondary N) is 1. The fourth-order valence-electron chi connectivity index (χ4n) is 5.06. The summed E-state index contributed by atoms with van der Waals surface area (Å²) in [4.78, 5) is 26.6. The topological polar surface area (TPSA) is 64.6 Å². The Morgan fingerprint density at radius 2 is 1.77 bits per heavy atom. The van der Waals surface area contributed by atoms with Crippen molar-refractivity contribution in [3.05, 3.63) is 52.4 Å². The van der Waals surface area contributed by atoms with Crippen LogP contribution < -0.4 is 10.1 Å². The molecular formula is C25H31NO4. The molecule has 160 valence electrons. The van der Waals surface area contributed by atoms with Gasteiger partial charge in [0, 0.05) is 29.3 Å². The van der Waals surface area contributed by atoms with Crippen LogP contribution in [0.15, 0.2) is 46.8 Å². The van der Waals surface area contributed by atoms with Gasteiger partial charge in [0.1, 0.15) is 11.9 Å². The summed E-state index contributed by atoms with van der Waals surface area (Å²) < 4.78 is 11.2. The van der Waals surface area contributed by atoms with Crippen LogP contribution in [0.5, 0.6) is 5.75 Å². The van der Waals surface area contributed by atoms with E-state index in [2.05, 4.69) is 19.2 Å². The molecule has 5 heteroatoms. The van der Waals surface area contributed by atoms with Crippen LogP contribution in [-0.4, -0.2) is 25.0 Å². The number of ether oxygens (including phenoxy) is 2. The standard InChI is InChI=1S/C25H31NO4/c1-15-21(24(28)30-18-7-5-6-8-18)22(16-9-11-17(29-4)12-10-16)23-19(26-15)13-25(2,3)14-20(23)27/h9-12,18,22,26H,5-8,13-14H2,1-4H3. The van der Waals surface area contributed by atoms with Crippen molar-refractivity contribution in [1.29, 1.82) is 0 Å². The highest BCUT2D eigenvalue weighted by atomic mass is 16.5. The number of methoxy groups -OCH3 is 1. The van der Waals surface area contributed by atoms with Gasteiger partial charge in [-0.15, -0.1) is 0 Å². The minimum Gasteiger partial charge on any atom is -0.497 e. The quantitative estimate of drug-likeness (QED) is 0.725. The van der Waals surface area contributed by atoms with Crippen LogP contribution in [-0.2, 0) is 14.3 Å². The highest BCUT2D eigenvalue weighted by Crippen LogP contribution is 2.47. The van der Waals surface area contributed by atoms with E-state index in [1.165, 1.54) is 0 Å². The number of carbonyl (C=O) groups is 2. The third-order valence-electron chi connectivity index (χ3n) is 6.48. The van der Waals surface area contributed by atoms with E-state index in [-0.39, 0.29) is 23.3 Å². The molecule has 0 aromatic heterocycles. The minimum absolute atomic E-state index is 0.0225. The van der Waals surface area contributed by atoms with Crippen molar-refractivity contribution in [2.24, 2.45) is 5.41 Å². The average molecular weight is 410 g/mol. The number of dihydropyridines is 1. The van der Waals surface area contributed by atoms with Crippen LogP contribution >= 0.6 is 0 Å². The molecule has 2 aliphatic carbocycles. The van der Waals surface area contributed by atoms with E-state index in [0.29, 0.717) is 17.6 Å². The Morgan fingerprint density at radius 1 is 1.10 bits per heavy atom. The fourth-order valence-corrected chi connectivity index (χ4v) is 5.06. The fraction of sp³-hybridized carbons (Fsp3) is 0.520. The molecule has 3 aliphatic rings. The molecule has 1 heterocycles. The number of esters is 1. The van der Waals surface area contributed by atoms with Gasteiger partial charge in [0.05, 0.1) is 12.7 Å². The summed E-state index contributed by atoms with van der Waals surface area (Å²) >= 11 is 0. The van der Waals surface area contributed by atoms with E-state index in [9.17, 15) is 9.59 Å². The highest BCUT2D eigenvalue weighted by molar-refractivity contribution is 6.04. The lowest BCUT2D eigenvalue weighted by Gasteiger charge is -2.39. The van der Waals surface area contributed by atoms with Crippen molar-refractivity contribution in [2.45, 2.75) is 71.3 Å². The number of rotatable bonds is 4. The molecule has 0 radical (unpaired) electrons. The molecule has 0 amide bonds. The SMILES string of the molecule is COc1ccc(C2C(C(=O)OC3CCCC3)=C(C)NC3=C2C(=O)CC(C)(C)C3)cc1. The van der Waals surface area contributed by atoms with Gasteiger partial charge in [-0.25, -0.2) is 4.79 Å². The zero-order chi connectivity index (χ0) is 21.5. The first-order valence-corrected chi connectivity index (χ1v) is 10.9. The highest BCUT2D eigenvalue weighted by Gasteiger charge is 2.43. The maximum Gasteiger partial charge on any atom is 0.337 e. The van der Waals surface area contributed by atoms with Gasteiger partial charge in [-0.2, -0.15) is 0 Å². The third kappa shape index (κ3) is 3.90. The first-order valence-electron chi connectivity index (χ1n) is 10.9. The van der Waals surface area contributed by atoms with E-state index >= 15 is 0 Å². The Hall–Kier alpha value is -2.56. The zero-order valence-corrected chi connectivity index (χ0v) is 18.3. The molecule has 0 spiro atoms. The number of allylic oxidation sites excluding steroid dienone is 3. The molecule has 1 fully saturated rings. The summed E-state index contributed by atoms with van der Waals surface area (Å²) in [5.41, 5.74) is 3.79. The smallest absolute Gasteiger partial charge is 0.337 e. The number of ketones is 1. The number of hydrogen-bond donors (Lipinski definition) is 1. The maximum absolute atomic E-state index is 13.3. The normalized spacial score (nSPS) is 23.9. The van der Waals surface area contributed by atoms with Gasteiger partial charge in [0.2, 0.25) is 0 Å². The predicted molar refractivity (Wildman–Crippen MR) is 115 cm³/mol.